The van der Waals surface area contributed by atoms with Crippen molar-refractivity contribution in [2.45, 2.75) is 102 Å². The van der Waals surface area contributed by atoms with Gasteiger partial charge in [0.15, 0.2) is 0 Å². The normalized spacial score (nSPS) is 53.4. The van der Waals surface area contributed by atoms with Crippen molar-refractivity contribution < 1.29 is 19.2 Å². The van der Waals surface area contributed by atoms with Gasteiger partial charge in [-0.2, -0.15) is 9.78 Å². The first-order valence-electron chi connectivity index (χ1n) is 10.1. The second kappa shape index (κ2) is 5.18. The quantitative estimate of drug-likeness (QED) is 0.657. The maximum atomic E-state index is 6.73. The molecule has 4 bridgehead atoms. The lowest BCUT2D eigenvalue weighted by Gasteiger charge is -2.57. The zero-order valence-corrected chi connectivity index (χ0v) is 15.4. The van der Waals surface area contributed by atoms with Crippen LogP contribution in [0.25, 0.3) is 0 Å². The topological polar surface area (TPSA) is 36.9 Å². The fourth-order valence-electron chi connectivity index (χ4n) is 6.44. The van der Waals surface area contributed by atoms with Gasteiger partial charge in [-0.25, -0.2) is 0 Å². The van der Waals surface area contributed by atoms with Gasteiger partial charge in [0.2, 0.25) is 11.6 Å². The maximum Gasteiger partial charge on any atom is 0.210 e. The predicted octanol–water partition coefficient (Wildman–Crippen LogP) is 4.57. The number of rotatable bonds is 1. The average molecular weight is 336 g/mol. The lowest BCUT2D eigenvalue weighted by atomic mass is 9.53. The van der Waals surface area contributed by atoms with Crippen molar-refractivity contribution in [3.05, 3.63) is 0 Å². The van der Waals surface area contributed by atoms with Crippen LogP contribution >= 0.6 is 0 Å². The van der Waals surface area contributed by atoms with Crippen LogP contribution in [0.5, 0.6) is 0 Å². The molecule has 0 N–H and O–H groups in total. The Labute approximate surface area is 145 Å². The SMILES string of the molecule is CC(C)(C)OC1CCC2(CC1)OOC1(O2)C2CC3CC(C2)CC1C3. The second-order valence-electron chi connectivity index (χ2n) is 10.1. The molecule has 5 aliphatic carbocycles. The minimum atomic E-state index is -0.507. The standard InChI is InChI=1S/C20H32O4/c1-18(2,3)21-17-4-6-19(7-5-17)22-20(24-23-19)15-9-13-8-14(11-15)12-16(20)10-13/h13-17H,4-12H2,1-3H3. The first-order valence-corrected chi connectivity index (χ1v) is 10.1. The minimum Gasteiger partial charge on any atom is -0.373 e. The molecule has 0 aromatic carbocycles. The first kappa shape index (κ1) is 16.0. The van der Waals surface area contributed by atoms with Crippen LogP contribution in [0.4, 0.5) is 0 Å². The first-order chi connectivity index (χ1) is 11.4. The Hall–Kier alpha value is -0.160. The second-order valence-corrected chi connectivity index (χ2v) is 10.1. The number of ether oxygens (including phenoxy) is 2. The van der Waals surface area contributed by atoms with Crippen molar-refractivity contribution in [3.63, 3.8) is 0 Å². The van der Waals surface area contributed by atoms with Crippen molar-refractivity contribution in [2.75, 3.05) is 0 Å². The molecule has 0 amide bonds. The van der Waals surface area contributed by atoms with Crippen molar-refractivity contribution in [1.29, 1.82) is 0 Å². The summed E-state index contributed by atoms with van der Waals surface area (Å²) in [4.78, 5) is 12.0. The number of hydrogen-bond acceptors (Lipinski definition) is 4. The van der Waals surface area contributed by atoms with Gasteiger partial charge in [-0.3, -0.25) is 0 Å². The zero-order chi connectivity index (χ0) is 16.6. The van der Waals surface area contributed by atoms with Gasteiger partial charge in [0.05, 0.1) is 11.7 Å². The summed E-state index contributed by atoms with van der Waals surface area (Å²) in [5, 5.41) is 0. The molecule has 6 rings (SSSR count). The van der Waals surface area contributed by atoms with Gasteiger partial charge >= 0.3 is 0 Å². The smallest absolute Gasteiger partial charge is 0.210 e. The lowest BCUT2D eigenvalue weighted by molar-refractivity contribution is -0.390. The summed E-state index contributed by atoms with van der Waals surface area (Å²) in [6.45, 7) is 6.39. The molecule has 136 valence electrons. The molecule has 0 atom stereocenters. The van der Waals surface area contributed by atoms with E-state index in [9.17, 15) is 0 Å². The Morgan fingerprint density at radius 2 is 1.42 bits per heavy atom. The Morgan fingerprint density at radius 1 is 0.833 bits per heavy atom. The van der Waals surface area contributed by atoms with Crippen LogP contribution in [0.15, 0.2) is 0 Å². The van der Waals surface area contributed by atoms with Crippen LogP contribution in [-0.2, 0) is 19.2 Å². The Kier molecular flexibility index (Phi) is 3.47. The summed E-state index contributed by atoms with van der Waals surface area (Å²) < 4.78 is 12.9. The van der Waals surface area contributed by atoms with E-state index < -0.39 is 11.6 Å². The van der Waals surface area contributed by atoms with Gasteiger partial charge in [0, 0.05) is 24.7 Å². The summed E-state index contributed by atoms with van der Waals surface area (Å²) in [5.41, 5.74) is -0.0777. The van der Waals surface area contributed by atoms with E-state index in [1.165, 1.54) is 32.1 Å². The summed E-state index contributed by atoms with van der Waals surface area (Å²) in [5.74, 6) is 2.00. The van der Waals surface area contributed by atoms with Crippen molar-refractivity contribution in [2.24, 2.45) is 23.7 Å². The molecule has 0 aromatic rings. The summed E-state index contributed by atoms with van der Waals surface area (Å²) in [7, 11) is 0. The van der Waals surface area contributed by atoms with E-state index in [1.807, 2.05) is 0 Å². The predicted molar refractivity (Wildman–Crippen MR) is 88.9 cm³/mol. The highest BCUT2D eigenvalue weighted by Crippen LogP contribution is 2.63. The van der Waals surface area contributed by atoms with Gasteiger partial charge in [0.1, 0.15) is 0 Å². The molecule has 1 aliphatic heterocycles. The monoisotopic (exact) mass is 336 g/mol. The van der Waals surface area contributed by atoms with Crippen molar-refractivity contribution >= 4 is 0 Å². The van der Waals surface area contributed by atoms with E-state index in [4.69, 9.17) is 19.2 Å². The van der Waals surface area contributed by atoms with E-state index in [2.05, 4.69) is 20.8 Å². The lowest BCUT2D eigenvalue weighted by Crippen LogP contribution is -2.59. The summed E-state index contributed by atoms with van der Waals surface area (Å²) in [6.07, 6.45) is 10.7. The third-order valence-corrected chi connectivity index (χ3v) is 7.16. The molecule has 0 unspecified atom stereocenters. The van der Waals surface area contributed by atoms with E-state index >= 15 is 0 Å². The van der Waals surface area contributed by atoms with E-state index in [0.29, 0.717) is 17.9 Å². The maximum absolute atomic E-state index is 6.73. The average Bonchev–Trinajstić information content (AvgIpc) is 2.87. The van der Waals surface area contributed by atoms with E-state index in [0.717, 1.165) is 37.5 Å². The van der Waals surface area contributed by atoms with Crippen LogP contribution in [-0.4, -0.2) is 23.3 Å². The molecular formula is C20H32O4. The third-order valence-electron chi connectivity index (χ3n) is 7.16. The number of hydrogen-bond donors (Lipinski definition) is 0. The molecule has 5 saturated carbocycles. The molecular weight excluding hydrogens is 304 g/mol. The highest BCUT2D eigenvalue weighted by atomic mass is 17.3. The molecule has 2 spiro atoms. The van der Waals surface area contributed by atoms with Crippen LogP contribution in [0.2, 0.25) is 0 Å². The van der Waals surface area contributed by atoms with Gasteiger partial charge < -0.3 is 9.47 Å². The Morgan fingerprint density at radius 3 is 1.96 bits per heavy atom. The summed E-state index contributed by atoms with van der Waals surface area (Å²) >= 11 is 0. The fraction of sp³-hybridized carbons (Fsp3) is 1.00. The van der Waals surface area contributed by atoms with Crippen LogP contribution < -0.4 is 0 Å². The van der Waals surface area contributed by atoms with Crippen LogP contribution in [0.1, 0.15) is 78.6 Å². The fourth-order valence-corrected chi connectivity index (χ4v) is 6.44. The summed E-state index contributed by atoms with van der Waals surface area (Å²) in [6, 6.07) is 0. The molecule has 6 aliphatic rings. The van der Waals surface area contributed by atoms with Gasteiger partial charge in [0.25, 0.3) is 0 Å². The molecule has 0 aromatic heterocycles. The third kappa shape index (κ3) is 2.48. The van der Waals surface area contributed by atoms with Gasteiger partial charge in [-0.15, -0.1) is 0 Å². The molecule has 1 saturated heterocycles. The Bertz CT molecular complexity index is 472. The van der Waals surface area contributed by atoms with Gasteiger partial charge in [-0.05, 0) is 77.6 Å². The minimum absolute atomic E-state index is 0.0777. The largest absolute Gasteiger partial charge is 0.373 e. The van der Waals surface area contributed by atoms with Crippen LogP contribution in [0, 0.1) is 23.7 Å². The molecule has 24 heavy (non-hydrogen) atoms. The highest BCUT2D eigenvalue weighted by Gasteiger charge is 2.66. The molecule has 4 heteroatoms. The molecule has 0 radical (unpaired) electrons. The zero-order valence-electron chi connectivity index (χ0n) is 15.4. The Balaban J connectivity index is 1.28. The molecule has 6 fully saturated rings. The highest BCUT2D eigenvalue weighted by molar-refractivity contribution is 5.05. The molecule has 1 heterocycles. The van der Waals surface area contributed by atoms with Crippen molar-refractivity contribution in [3.8, 4) is 0 Å². The van der Waals surface area contributed by atoms with E-state index in [1.54, 1.807) is 0 Å². The van der Waals surface area contributed by atoms with Crippen LogP contribution in [0.3, 0.4) is 0 Å². The van der Waals surface area contributed by atoms with Crippen molar-refractivity contribution in [1.82, 2.24) is 0 Å². The molecule has 4 nitrogen and oxygen atoms in total. The van der Waals surface area contributed by atoms with E-state index in [-0.39, 0.29) is 5.60 Å². The van der Waals surface area contributed by atoms with Gasteiger partial charge in [-0.1, -0.05) is 0 Å².